The number of hydrogen-bond acceptors (Lipinski definition) is 4. The zero-order valence-corrected chi connectivity index (χ0v) is 18.2. The summed E-state index contributed by atoms with van der Waals surface area (Å²) in [7, 11) is 1.73. The highest BCUT2D eigenvalue weighted by atomic mass is 16.6. The Morgan fingerprint density at radius 2 is 1.79 bits per heavy atom. The first-order valence-electron chi connectivity index (χ1n) is 9.80. The van der Waals surface area contributed by atoms with Crippen molar-refractivity contribution in [3.05, 3.63) is 40.4 Å². The Morgan fingerprint density at radius 3 is 2.39 bits per heavy atom. The van der Waals surface area contributed by atoms with Crippen LogP contribution >= 0.6 is 0 Å². The fraction of sp³-hybridized carbons (Fsp3) is 0.591. The fourth-order valence-electron chi connectivity index (χ4n) is 2.95. The van der Waals surface area contributed by atoms with Crippen molar-refractivity contribution in [1.29, 1.82) is 0 Å². The van der Waals surface area contributed by atoms with Gasteiger partial charge in [-0.3, -0.25) is 9.36 Å². The van der Waals surface area contributed by atoms with E-state index >= 15 is 0 Å². The van der Waals surface area contributed by atoms with Crippen LogP contribution in [-0.2, 0) is 17.7 Å². The number of fused-ring (bicyclic) bond motifs is 1. The Kier molecular flexibility index (Phi) is 6.52. The predicted molar refractivity (Wildman–Crippen MR) is 113 cm³/mol. The SMILES string of the molecule is CN(CCCc1nc2ccccc2c(=O)n1CC(C)(C)C)C(=O)OC(C)(C)C. The Labute approximate surface area is 167 Å². The van der Waals surface area contributed by atoms with Gasteiger partial charge in [0.1, 0.15) is 11.4 Å². The molecule has 0 fully saturated rings. The van der Waals surface area contributed by atoms with E-state index in [0.717, 1.165) is 5.82 Å². The topological polar surface area (TPSA) is 64.4 Å². The highest BCUT2D eigenvalue weighted by Crippen LogP contribution is 2.18. The molecule has 0 aliphatic heterocycles. The molecule has 0 aliphatic rings. The molecule has 154 valence electrons. The van der Waals surface area contributed by atoms with Crippen molar-refractivity contribution in [1.82, 2.24) is 14.5 Å². The molecule has 0 radical (unpaired) electrons. The fourth-order valence-corrected chi connectivity index (χ4v) is 2.95. The van der Waals surface area contributed by atoms with Crippen LogP contribution in [0.15, 0.2) is 29.1 Å². The molecule has 0 N–H and O–H groups in total. The van der Waals surface area contributed by atoms with Crippen molar-refractivity contribution in [3.63, 3.8) is 0 Å². The molecule has 0 unspecified atom stereocenters. The van der Waals surface area contributed by atoms with E-state index in [1.807, 2.05) is 45.0 Å². The summed E-state index contributed by atoms with van der Waals surface area (Å²) in [5.74, 6) is 0.760. The van der Waals surface area contributed by atoms with Crippen LogP contribution in [-0.4, -0.2) is 39.7 Å². The molecule has 1 aromatic carbocycles. The second-order valence-corrected chi connectivity index (χ2v) is 9.50. The van der Waals surface area contributed by atoms with Gasteiger partial charge in [-0.05, 0) is 44.7 Å². The second kappa shape index (κ2) is 8.33. The third-order valence-electron chi connectivity index (χ3n) is 4.17. The number of ether oxygens (including phenoxy) is 1. The number of aromatic nitrogens is 2. The summed E-state index contributed by atoms with van der Waals surface area (Å²) in [4.78, 5) is 31.5. The summed E-state index contributed by atoms with van der Waals surface area (Å²) in [6, 6.07) is 7.45. The van der Waals surface area contributed by atoms with Crippen molar-refractivity contribution in [3.8, 4) is 0 Å². The van der Waals surface area contributed by atoms with Crippen LogP contribution in [0.1, 0.15) is 53.8 Å². The first kappa shape index (κ1) is 21.9. The smallest absolute Gasteiger partial charge is 0.410 e. The summed E-state index contributed by atoms with van der Waals surface area (Å²) in [6.07, 6.45) is 0.972. The van der Waals surface area contributed by atoms with Crippen LogP contribution in [0.2, 0.25) is 0 Å². The van der Waals surface area contributed by atoms with Gasteiger partial charge in [0.2, 0.25) is 0 Å². The second-order valence-electron chi connectivity index (χ2n) is 9.50. The summed E-state index contributed by atoms with van der Waals surface area (Å²) in [5, 5.41) is 0.640. The number of carbonyl (C=O) groups is 1. The van der Waals surface area contributed by atoms with Crippen LogP contribution in [0, 0.1) is 5.41 Å². The number of para-hydroxylation sites is 1. The van der Waals surface area contributed by atoms with Crippen molar-refractivity contribution < 1.29 is 9.53 Å². The van der Waals surface area contributed by atoms with Crippen molar-refractivity contribution in [2.24, 2.45) is 5.41 Å². The lowest BCUT2D eigenvalue weighted by molar-refractivity contribution is 0.0297. The van der Waals surface area contributed by atoms with Gasteiger partial charge in [0.05, 0.1) is 10.9 Å². The monoisotopic (exact) mass is 387 g/mol. The number of amides is 1. The predicted octanol–water partition coefficient (Wildman–Crippen LogP) is 4.24. The molecule has 28 heavy (non-hydrogen) atoms. The van der Waals surface area contributed by atoms with Crippen molar-refractivity contribution >= 4 is 17.0 Å². The number of hydrogen-bond donors (Lipinski definition) is 0. The van der Waals surface area contributed by atoms with Gasteiger partial charge < -0.3 is 9.64 Å². The quantitative estimate of drug-likeness (QED) is 0.770. The first-order valence-corrected chi connectivity index (χ1v) is 9.80. The maximum atomic E-state index is 13.0. The highest BCUT2D eigenvalue weighted by Gasteiger charge is 2.20. The molecule has 2 rings (SSSR count). The van der Waals surface area contributed by atoms with Crippen LogP contribution in [0.5, 0.6) is 0 Å². The molecular formula is C22H33N3O3. The standard InChI is InChI=1S/C22H33N3O3/c1-21(2,3)15-25-18(23-17-12-9-8-11-16(17)19(25)26)13-10-14-24(7)20(27)28-22(4,5)6/h8-9,11-12H,10,13-15H2,1-7H3. The van der Waals surface area contributed by atoms with Crippen molar-refractivity contribution in [2.45, 2.75) is 66.5 Å². The molecule has 2 aromatic rings. The molecule has 0 aliphatic carbocycles. The average molecular weight is 388 g/mol. The van der Waals surface area contributed by atoms with Gasteiger partial charge >= 0.3 is 6.09 Å². The zero-order valence-electron chi connectivity index (χ0n) is 18.2. The maximum absolute atomic E-state index is 13.0. The molecule has 0 bridgehead atoms. The lowest BCUT2D eigenvalue weighted by Crippen LogP contribution is -2.35. The van der Waals surface area contributed by atoms with E-state index in [0.29, 0.717) is 36.8 Å². The van der Waals surface area contributed by atoms with Gasteiger partial charge in [-0.1, -0.05) is 32.9 Å². The largest absolute Gasteiger partial charge is 0.444 e. The van der Waals surface area contributed by atoms with Crippen LogP contribution in [0.3, 0.4) is 0 Å². The molecule has 1 amide bonds. The number of benzene rings is 1. The third kappa shape index (κ3) is 6.08. The molecule has 1 heterocycles. The number of rotatable bonds is 5. The third-order valence-corrected chi connectivity index (χ3v) is 4.17. The van der Waals surface area contributed by atoms with E-state index in [2.05, 4.69) is 20.8 Å². The van der Waals surface area contributed by atoms with E-state index in [-0.39, 0.29) is 17.1 Å². The Hall–Kier alpha value is -2.37. The Bertz CT molecular complexity index is 889. The lowest BCUT2D eigenvalue weighted by Gasteiger charge is -2.25. The first-order chi connectivity index (χ1) is 12.9. The van der Waals surface area contributed by atoms with Gasteiger partial charge in [-0.25, -0.2) is 9.78 Å². The summed E-state index contributed by atoms with van der Waals surface area (Å²) < 4.78 is 7.17. The molecular weight excluding hydrogens is 354 g/mol. The summed E-state index contributed by atoms with van der Waals surface area (Å²) in [5.41, 5.74) is 0.151. The van der Waals surface area contributed by atoms with Gasteiger partial charge in [0.15, 0.2) is 0 Å². The van der Waals surface area contributed by atoms with Gasteiger partial charge in [-0.2, -0.15) is 0 Å². The molecule has 1 aromatic heterocycles. The lowest BCUT2D eigenvalue weighted by atomic mass is 9.96. The number of nitrogens with zero attached hydrogens (tertiary/aromatic N) is 3. The highest BCUT2D eigenvalue weighted by molar-refractivity contribution is 5.77. The molecule has 0 atom stereocenters. The maximum Gasteiger partial charge on any atom is 0.410 e. The molecule has 0 saturated heterocycles. The summed E-state index contributed by atoms with van der Waals surface area (Å²) in [6.45, 7) is 13.0. The van der Waals surface area contributed by atoms with E-state index in [1.54, 1.807) is 16.5 Å². The Balaban J connectivity index is 2.20. The zero-order chi connectivity index (χ0) is 21.1. The van der Waals surface area contributed by atoms with Crippen LogP contribution < -0.4 is 5.56 Å². The van der Waals surface area contributed by atoms with E-state index in [1.165, 1.54) is 0 Å². The number of aryl methyl sites for hydroxylation is 1. The number of carbonyl (C=O) groups excluding carboxylic acids is 1. The molecule has 6 nitrogen and oxygen atoms in total. The molecule has 6 heteroatoms. The average Bonchev–Trinajstić information content (AvgIpc) is 2.55. The van der Waals surface area contributed by atoms with Gasteiger partial charge in [0.25, 0.3) is 5.56 Å². The van der Waals surface area contributed by atoms with Gasteiger partial charge in [-0.15, -0.1) is 0 Å². The molecule has 0 spiro atoms. The van der Waals surface area contributed by atoms with Gasteiger partial charge in [0, 0.05) is 26.6 Å². The van der Waals surface area contributed by atoms with Crippen LogP contribution in [0.4, 0.5) is 4.79 Å². The molecule has 0 saturated carbocycles. The van der Waals surface area contributed by atoms with E-state index < -0.39 is 5.60 Å². The minimum Gasteiger partial charge on any atom is -0.444 e. The van der Waals surface area contributed by atoms with E-state index in [9.17, 15) is 9.59 Å². The minimum absolute atomic E-state index is 0.00368. The van der Waals surface area contributed by atoms with Crippen LogP contribution in [0.25, 0.3) is 10.9 Å². The minimum atomic E-state index is -0.515. The normalized spacial score (nSPS) is 12.2. The Morgan fingerprint density at radius 1 is 1.14 bits per heavy atom. The van der Waals surface area contributed by atoms with E-state index in [4.69, 9.17) is 9.72 Å². The summed E-state index contributed by atoms with van der Waals surface area (Å²) >= 11 is 0. The van der Waals surface area contributed by atoms with Crippen molar-refractivity contribution in [2.75, 3.05) is 13.6 Å².